The minimum atomic E-state index is -3.50. The van der Waals surface area contributed by atoms with Gasteiger partial charge in [-0.15, -0.1) is 0 Å². The van der Waals surface area contributed by atoms with Crippen LogP contribution in [0.5, 0.6) is 0 Å². The summed E-state index contributed by atoms with van der Waals surface area (Å²) in [5.74, 6) is 0.692. The van der Waals surface area contributed by atoms with E-state index in [1.165, 1.54) is 6.20 Å². The molecule has 0 amide bonds. The normalized spacial score (nSPS) is 17.4. The van der Waals surface area contributed by atoms with E-state index in [0.717, 1.165) is 25.7 Å². The predicted molar refractivity (Wildman–Crippen MR) is 73.2 cm³/mol. The fraction of sp³-hybridized carbons (Fsp3) is 0.750. The van der Waals surface area contributed by atoms with Crippen molar-refractivity contribution in [1.82, 2.24) is 14.3 Å². The lowest BCUT2D eigenvalue weighted by Crippen LogP contribution is -2.42. The first kappa shape index (κ1) is 14.5. The van der Waals surface area contributed by atoms with Gasteiger partial charge in [-0.05, 0) is 12.8 Å². The summed E-state index contributed by atoms with van der Waals surface area (Å²) in [6.45, 7) is 2.64. The quantitative estimate of drug-likeness (QED) is 0.811. The molecular weight excluding hydrogens is 264 g/mol. The van der Waals surface area contributed by atoms with Gasteiger partial charge in [-0.2, -0.15) is 4.31 Å². The van der Waals surface area contributed by atoms with E-state index in [1.807, 2.05) is 6.92 Å². The van der Waals surface area contributed by atoms with Gasteiger partial charge in [0.25, 0.3) is 10.0 Å². The molecule has 1 aliphatic rings. The number of sulfonamides is 1. The number of nitrogens with one attached hydrogen (secondary N) is 1. The first-order valence-electron chi connectivity index (χ1n) is 6.85. The molecule has 0 saturated heterocycles. The number of aromatic amines is 1. The second kappa shape index (κ2) is 6.02. The highest BCUT2D eigenvalue weighted by atomic mass is 32.2. The van der Waals surface area contributed by atoms with Gasteiger partial charge in [0.15, 0.2) is 5.03 Å². The third kappa shape index (κ3) is 2.98. The molecule has 1 heterocycles. The van der Waals surface area contributed by atoms with Gasteiger partial charge in [-0.25, -0.2) is 13.4 Å². The Labute approximate surface area is 114 Å². The van der Waals surface area contributed by atoms with Crippen LogP contribution in [0.15, 0.2) is 11.2 Å². The highest BCUT2D eigenvalue weighted by molar-refractivity contribution is 7.89. The molecule has 1 fully saturated rings. The summed E-state index contributed by atoms with van der Waals surface area (Å²) < 4.78 is 26.8. The monoisotopic (exact) mass is 286 g/mol. The van der Waals surface area contributed by atoms with Gasteiger partial charge in [0.05, 0.1) is 6.20 Å². The molecule has 0 spiro atoms. The molecule has 1 saturated carbocycles. The second-order valence-corrected chi connectivity index (χ2v) is 6.75. The molecular formula is C12H22N4O2S. The lowest BCUT2D eigenvalue weighted by atomic mass is 10.2. The number of nitrogens with two attached hydrogens (primary N) is 1. The molecule has 3 N–H and O–H groups in total. The zero-order valence-corrected chi connectivity index (χ0v) is 12.1. The van der Waals surface area contributed by atoms with Crippen molar-refractivity contribution in [1.29, 1.82) is 0 Å². The van der Waals surface area contributed by atoms with Crippen molar-refractivity contribution in [3.63, 3.8) is 0 Å². The van der Waals surface area contributed by atoms with Gasteiger partial charge >= 0.3 is 0 Å². The predicted octanol–water partition coefficient (Wildman–Crippen LogP) is 0.864. The van der Waals surface area contributed by atoms with Crippen molar-refractivity contribution in [3.8, 4) is 0 Å². The van der Waals surface area contributed by atoms with Crippen LogP contribution >= 0.6 is 0 Å². The summed E-state index contributed by atoms with van der Waals surface area (Å²) in [4.78, 5) is 6.96. The van der Waals surface area contributed by atoms with Crippen LogP contribution in [0, 0.1) is 0 Å². The van der Waals surface area contributed by atoms with Crippen LogP contribution in [0.1, 0.15) is 38.4 Å². The Balaban J connectivity index is 2.27. The molecule has 0 aliphatic heterocycles. The number of aryl methyl sites for hydroxylation is 1. The zero-order valence-electron chi connectivity index (χ0n) is 11.3. The number of hydrogen-bond acceptors (Lipinski definition) is 4. The summed E-state index contributed by atoms with van der Waals surface area (Å²) in [5.41, 5.74) is 5.57. The van der Waals surface area contributed by atoms with Crippen LogP contribution < -0.4 is 5.73 Å². The molecule has 1 aromatic rings. The second-order valence-electron chi connectivity index (χ2n) is 4.89. The van der Waals surface area contributed by atoms with E-state index < -0.39 is 10.0 Å². The Morgan fingerprint density at radius 2 is 2.16 bits per heavy atom. The van der Waals surface area contributed by atoms with Crippen LogP contribution in [-0.4, -0.2) is 41.8 Å². The van der Waals surface area contributed by atoms with Crippen LogP contribution in [-0.2, 0) is 16.4 Å². The Bertz CT molecular complexity index is 506. The number of rotatable bonds is 6. The Morgan fingerprint density at radius 3 is 2.68 bits per heavy atom. The van der Waals surface area contributed by atoms with E-state index in [1.54, 1.807) is 4.31 Å². The largest absolute Gasteiger partial charge is 0.332 e. The first-order chi connectivity index (χ1) is 9.09. The van der Waals surface area contributed by atoms with Gasteiger partial charge in [-0.3, -0.25) is 0 Å². The van der Waals surface area contributed by atoms with Gasteiger partial charge in [0.1, 0.15) is 5.82 Å². The molecule has 2 rings (SSSR count). The van der Waals surface area contributed by atoms with Crippen molar-refractivity contribution >= 4 is 10.0 Å². The van der Waals surface area contributed by atoms with E-state index >= 15 is 0 Å². The summed E-state index contributed by atoms with van der Waals surface area (Å²) in [5, 5.41) is 0.185. The molecule has 7 heteroatoms. The minimum absolute atomic E-state index is 0.0851. The fourth-order valence-electron chi connectivity index (χ4n) is 2.60. The van der Waals surface area contributed by atoms with Crippen molar-refractivity contribution < 1.29 is 8.42 Å². The van der Waals surface area contributed by atoms with Crippen LogP contribution in [0.3, 0.4) is 0 Å². The van der Waals surface area contributed by atoms with Crippen molar-refractivity contribution in [2.45, 2.75) is 50.1 Å². The minimum Gasteiger partial charge on any atom is -0.332 e. The highest BCUT2D eigenvalue weighted by Gasteiger charge is 2.33. The maximum absolute atomic E-state index is 12.6. The number of nitrogens with zero attached hydrogens (tertiary/aromatic N) is 2. The molecule has 19 heavy (non-hydrogen) atoms. The SMILES string of the molecule is CCc1ncc(S(=O)(=O)N(CCN)C2CCCC2)[nH]1. The molecule has 0 atom stereocenters. The average molecular weight is 286 g/mol. The van der Waals surface area contributed by atoms with Gasteiger partial charge in [-0.1, -0.05) is 19.8 Å². The summed E-state index contributed by atoms with van der Waals surface area (Å²) in [6.07, 6.45) is 6.12. The Morgan fingerprint density at radius 1 is 1.47 bits per heavy atom. The van der Waals surface area contributed by atoms with E-state index in [4.69, 9.17) is 5.73 Å². The maximum atomic E-state index is 12.6. The molecule has 6 nitrogen and oxygen atoms in total. The van der Waals surface area contributed by atoms with E-state index in [0.29, 0.717) is 25.3 Å². The molecule has 1 aliphatic carbocycles. The molecule has 0 radical (unpaired) electrons. The van der Waals surface area contributed by atoms with E-state index in [9.17, 15) is 8.42 Å². The van der Waals surface area contributed by atoms with Crippen LogP contribution in [0.25, 0.3) is 0 Å². The first-order valence-corrected chi connectivity index (χ1v) is 8.29. The number of aromatic nitrogens is 2. The molecule has 0 bridgehead atoms. The average Bonchev–Trinajstić information content (AvgIpc) is 3.06. The number of H-pyrrole nitrogens is 1. The topological polar surface area (TPSA) is 92.1 Å². The van der Waals surface area contributed by atoms with E-state index in [-0.39, 0.29) is 11.1 Å². The van der Waals surface area contributed by atoms with Gasteiger partial charge in [0.2, 0.25) is 0 Å². The van der Waals surface area contributed by atoms with E-state index in [2.05, 4.69) is 9.97 Å². The smallest absolute Gasteiger partial charge is 0.260 e. The third-order valence-electron chi connectivity index (χ3n) is 3.61. The fourth-order valence-corrected chi connectivity index (χ4v) is 4.23. The number of imidazole rings is 1. The van der Waals surface area contributed by atoms with Crippen LogP contribution in [0.4, 0.5) is 0 Å². The molecule has 0 aromatic carbocycles. The molecule has 1 aromatic heterocycles. The maximum Gasteiger partial charge on any atom is 0.260 e. The lowest BCUT2D eigenvalue weighted by Gasteiger charge is -2.26. The summed E-state index contributed by atoms with van der Waals surface area (Å²) in [6, 6.07) is 0.0851. The van der Waals surface area contributed by atoms with Crippen molar-refractivity contribution in [3.05, 3.63) is 12.0 Å². The third-order valence-corrected chi connectivity index (χ3v) is 5.47. The van der Waals surface area contributed by atoms with Gasteiger partial charge < -0.3 is 10.7 Å². The summed E-state index contributed by atoms with van der Waals surface area (Å²) >= 11 is 0. The zero-order chi connectivity index (χ0) is 13.9. The summed E-state index contributed by atoms with van der Waals surface area (Å²) in [7, 11) is -3.50. The standard InChI is InChI=1S/C12H22N4O2S/c1-2-11-14-9-12(15-11)19(17,18)16(8-7-13)10-5-3-4-6-10/h9-10H,2-8,13H2,1H3,(H,14,15). The Kier molecular flexibility index (Phi) is 4.59. The molecule has 108 valence electrons. The Hall–Kier alpha value is -0.920. The number of hydrogen-bond donors (Lipinski definition) is 2. The van der Waals surface area contributed by atoms with Crippen molar-refractivity contribution in [2.24, 2.45) is 5.73 Å². The van der Waals surface area contributed by atoms with Crippen LogP contribution in [0.2, 0.25) is 0 Å². The lowest BCUT2D eigenvalue weighted by molar-refractivity contribution is 0.327. The van der Waals surface area contributed by atoms with Gasteiger partial charge in [0, 0.05) is 25.6 Å². The highest BCUT2D eigenvalue weighted by Crippen LogP contribution is 2.27. The van der Waals surface area contributed by atoms with Crippen molar-refractivity contribution in [2.75, 3.05) is 13.1 Å². The molecule has 0 unspecified atom stereocenters.